The molecule has 2 N–H and O–H groups in total. The Balaban J connectivity index is 1.87. The van der Waals surface area contributed by atoms with E-state index in [9.17, 15) is 4.79 Å². The summed E-state index contributed by atoms with van der Waals surface area (Å²) >= 11 is 0. The van der Waals surface area contributed by atoms with Gasteiger partial charge in [0.2, 0.25) is 0 Å². The topological polar surface area (TPSA) is 56.2 Å². The van der Waals surface area contributed by atoms with Crippen LogP contribution in [0.25, 0.3) is 21.9 Å². The van der Waals surface area contributed by atoms with Crippen LogP contribution in [0.3, 0.4) is 0 Å². The minimum Gasteiger partial charge on any atom is -0.456 e. The van der Waals surface area contributed by atoms with Gasteiger partial charge in [-0.2, -0.15) is 0 Å². The van der Waals surface area contributed by atoms with Gasteiger partial charge in [0.05, 0.1) is 0 Å². The molecule has 0 atom stereocenters. The lowest BCUT2D eigenvalue weighted by molar-refractivity contribution is 0.103. The Bertz CT molecular complexity index is 1060. The number of nitrogen functional groups attached to an aromatic ring is 1. The summed E-state index contributed by atoms with van der Waals surface area (Å²) in [7, 11) is 0. The Morgan fingerprint density at radius 1 is 0.913 bits per heavy atom. The maximum Gasteiger partial charge on any atom is 0.193 e. The van der Waals surface area contributed by atoms with Crippen LogP contribution in [0, 0.1) is 6.92 Å². The number of carbonyl (C=O) groups excluding carboxylic acids is 1. The van der Waals surface area contributed by atoms with Crippen molar-refractivity contribution in [2.45, 2.75) is 6.92 Å². The number of hydrogen-bond donors (Lipinski definition) is 1. The van der Waals surface area contributed by atoms with Gasteiger partial charge in [0.1, 0.15) is 11.2 Å². The number of para-hydroxylation sites is 1. The van der Waals surface area contributed by atoms with E-state index in [0.717, 1.165) is 27.5 Å². The third-order valence-corrected chi connectivity index (χ3v) is 4.26. The first-order chi connectivity index (χ1) is 11.1. The molecule has 0 saturated heterocycles. The average molecular weight is 301 g/mol. The predicted octanol–water partition coefficient (Wildman–Crippen LogP) is 4.71. The second-order valence-electron chi connectivity index (χ2n) is 5.66. The van der Waals surface area contributed by atoms with E-state index in [1.807, 2.05) is 43.3 Å². The normalized spacial score (nSPS) is 11.2. The standard InChI is InChI=1S/C20H15NO2/c1-12-14(6-4-7-17(12)21)20(22)13-9-10-16-15-5-2-3-8-18(15)23-19(16)11-13/h2-11H,21H2,1H3. The number of nitrogens with two attached hydrogens (primary N) is 1. The van der Waals surface area contributed by atoms with E-state index in [1.165, 1.54) is 0 Å². The molecule has 3 nitrogen and oxygen atoms in total. The van der Waals surface area contributed by atoms with Crippen LogP contribution in [0.15, 0.2) is 65.1 Å². The van der Waals surface area contributed by atoms with Crippen LogP contribution in [-0.2, 0) is 0 Å². The molecule has 0 amide bonds. The number of hydrogen-bond acceptors (Lipinski definition) is 3. The minimum absolute atomic E-state index is 0.0443. The van der Waals surface area contributed by atoms with Gasteiger partial charge in [0.25, 0.3) is 0 Å². The Labute approximate surface area is 133 Å². The summed E-state index contributed by atoms with van der Waals surface area (Å²) in [5.74, 6) is -0.0443. The van der Waals surface area contributed by atoms with Gasteiger partial charge in [-0.15, -0.1) is 0 Å². The van der Waals surface area contributed by atoms with Crippen LogP contribution in [0.5, 0.6) is 0 Å². The van der Waals surface area contributed by atoms with Crippen LogP contribution in [-0.4, -0.2) is 5.78 Å². The fourth-order valence-corrected chi connectivity index (χ4v) is 2.92. The van der Waals surface area contributed by atoms with E-state index in [4.69, 9.17) is 10.2 Å². The molecule has 3 heteroatoms. The first-order valence-corrected chi connectivity index (χ1v) is 7.46. The maximum absolute atomic E-state index is 12.8. The monoisotopic (exact) mass is 301 g/mol. The molecule has 4 aromatic rings. The molecular weight excluding hydrogens is 286 g/mol. The highest BCUT2D eigenvalue weighted by Crippen LogP contribution is 2.30. The molecule has 0 aliphatic heterocycles. The summed E-state index contributed by atoms with van der Waals surface area (Å²) in [6, 6.07) is 18.9. The van der Waals surface area contributed by atoms with Crippen molar-refractivity contribution in [2.75, 3.05) is 5.73 Å². The highest BCUT2D eigenvalue weighted by molar-refractivity contribution is 6.13. The van der Waals surface area contributed by atoms with Gasteiger partial charge in [-0.1, -0.05) is 36.4 Å². The SMILES string of the molecule is Cc1c(N)cccc1C(=O)c1ccc2c(c1)oc1ccccc12. The fraction of sp³-hybridized carbons (Fsp3) is 0.0500. The van der Waals surface area contributed by atoms with Crippen molar-refractivity contribution in [1.82, 2.24) is 0 Å². The number of anilines is 1. The zero-order valence-corrected chi connectivity index (χ0v) is 12.7. The smallest absolute Gasteiger partial charge is 0.193 e. The van der Waals surface area contributed by atoms with Crippen molar-refractivity contribution >= 4 is 33.4 Å². The molecule has 0 aliphatic rings. The Hall–Kier alpha value is -3.07. The first kappa shape index (κ1) is 13.6. The molecular formula is C20H15NO2. The third-order valence-electron chi connectivity index (χ3n) is 4.26. The molecule has 0 aliphatic carbocycles. The lowest BCUT2D eigenvalue weighted by Gasteiger charge is -2.07. The van der Waals surface area contributed by atoms with Gasteiger partial charge >= 0.3 is 0 Å². The third kappa shape index (κ3) is 2.09. The molecule has 0 radical (unpaired) electrons. The molecule has 1 aromatic heterocycles. The molecule has 0 fully saturated rings. The van der Waals surface area contributed by atoms with E-state index in [2.05, 4.69) is 0 Å². The van der Waals surface area contributed by atoms with Crippen molar-refractivity contribution in [1.29, 1.82) is 0 Å². The lowest BCUT2D eigenvalue weighted by atomic mass is 9.97. The van der Waals surface area contributed by atoms with E-state index in [0.29, 0.717) is 16.8 Å². The first-order valence-electron chi connectivity index (χ1n) is 7.46. The summed E-state index contributed by atoms with van der Waals surface area (Å²) in [5, 5.41) is 2.07. The van der Waals surface area contributed by atoms with Crippen LogP contribution in [0.4, 0.5) is 5.69 Å². The number of ketones is 1. The van der Waals surface area contributed by atoms with Crippen molar-refractivity contribution in [3.05, 3.63) is 77.4 Å². The van der Waals surface area contributed by atoms with Gasteiger partial charge in [-0.05, 0) is 36.8 Å². The van der Waals surface area contributed by atoms with Crippen LogP contribution in [0.1, 0.15) is 21.5 Å². The van der Waals surface area contributed by atoms with Gasteiger partial charge in [0.15, 0.2) is 5.78 Å². The highest BCUT2D eigenvalue weighted by Gasteiger charge is 2.15. The van der Waals surface area contributed by atoms with E-state index >= 15 is 0 Å². The van der Waals surface area contributed by atoms with Gasteiger partial charge < -0.3 is 10.2 Å². The van der Waals surface area contributed by atoms with Crippen molar-refractivity contribution < 1.29 is 9.21 Å². The minimum atomic E-state index is -0.0443. The molecule has 0 spiro atoms. The molecule has 0 bridgehead atoms. The summed E-state index contributed by atoms with van der Waals surface area (Å²) in [6.07, 6.45) is 0. The molecule has 112 valence electrons. The van der Waals surface area contributed by atoms with Gasteiger partial charge in [-0.3, -0.25) is 4.79 Å². The zero-order chi connectivity index (χ0) is 16.0. The van der Waals surface area contributed by atoms with E-state index in [-0.39, 0.29) is 5.78 Å². The van der Waals surface area contributed by atoms with Crippen LogP contribution < -0.4 is 5.73 Å². The largest absolute Gasteiger partial charge is 0.456 e. The average Bonchev–Trinajstić information content (AvgIpc) is 2.94. The molecule has 1 heterocycles. The van der Waals surface area contributed by atoms with Gasteiger partial charge in [0, 0.05) is 27.6 Å². The van der Waals surface area contributed by atoms with Crippen molar-refractivity contribution in [3.8, 4) is 0 Å². The number of furan rings is 1. The summed E-state index contributed by atoms with van der Waals surface area (Å²) in [6.45, 7) is 1.86. The van der Waals surface area contributed by atoms with Crippen LogP contribution >= 0.6 is 0 Å². The number of fused-ring (bicyclic) bond motifs is 3. The quantitative estimate of drug-likeness (QED) is 0.431. The molecule has 0 unspecified atom stereocenters. The molecule has 0 saturated carbocycles. The highest BCUT2D eigenvalue weighted by atomic mass is 16.3. The summed E-state index contributed by atoms with van der Waals surface area (Å²) < 4.78 is 5.86. The van der Waals surface area contributed by atoms with Gasteiger partial charge in [-0.25, -0.2) is 0 Å². The Kier molecular flexibility index (Phi) is 2.95. The molecule has 4 rings (SSSR count). The second-order valence-corrected chi connectivity index (χ2v) is 5.66. The van der Waals surface area contributed by atoms with Crippen molar-refractivity contribution in [3.63, 3.8) is 0 Å². The Morgan fingerprint density at radius 3 is 2.57 bits per heavy atom. The van der Waals surface area contributed by atoms with E-state index < -0.39 is 0 Å². The Morgan fingerprint density at radius 2 is 1.70 bits per heavy atom. The second kappa shape index (κ2) is 4.99. The zero-order valence-electron chi connectivity index (χ0n) is 12.7. The lowest BCUT2D eigenvalue weighted by Crippen LogP contribution is -2.05. The molecule has 23 heavy (non-hydrogen) atoms. The number of rotatable bonds is 2. The van der Waals surface area contributed by atoms with E-state index in [1.54, 1.807) is 24.3 Å². The van der Waals surface area contributed by atoms with Crippen LogP contribution in [0.2, 0.25) is 0 Å². The maximum atomic E-state index is 12.8. The number of carbonyl (C=O) groups is 1. The predicted molar refractivity (Wildman–Crippen MR) is 92.7 cm³/mol. The van der Waals surface area contributed by atoms with Crippen molar-refractivity contribution in [2.24, 2.45) is 0 Å². The summed E-state index contributed by atoms with van der Waals surface area (Å²) in [4.78, 5) is 12.8. The number of benzene rings is 3. The molecule has 3 aromatic carbocycles. The fourth-order valence-electron chi connectivity index (χ4n) is 2.92. The summed E-state index contributed by atoms with van der Waals surface area (Å²) in [5.41, 5.74) is 10.1.